The Labute approximate surface area is 73.2 Å². The Bertz CT molecular complexity index is 258. The third-order valence-corrected chi connectivity index (χ3v) is 1.89. The Hall–Kier alpha value is -1.02. The van der Waals surface area contributed by atoms with Gasteiger partial charge in [-0.15, -0.1) is 6.54 Å². The summed E-state index contributed by atoms with van der Waals surface area (Å²) in [5.74, 6) is 0.398. The molecule has 66 valence electrons. The van der Waals surface area contributed by atoms with Gasteiger partial charge in [-0.3, -0.25) is 0 Å². The molecule has 0 bridgehead atoms. The van der Waals surface area contributed by atoms with E-state index in [9.17, 15) is 5.11 Å². The van der Waals surface area contributed by atoms with Crippen molar-refractivity contribution in [1.82, 2.24) is 0 Å². The van der Waals surface area contributed by atoms with Crippen molar-refractivity contribution in [3.05, 3.63) is 34.1 Å². The number of aromatic hydroxyl groups is 1. The zero-order chi connectivity index (χ0) is 9.14. The van der Waals surface area contributed by atoms with Crippen molar-refractivity contribution in [2.45, 2.75) is 20.4 Å². The predicted octanol–water partition coefficient (Wildman–Crippen LogP) is 2.51. The van der Waals surface area contributed by atoms with Gasteiger partial charge in [-0.05, 0) is 25.0 Å². The molecule has 0 unspecified atom stereocenters. The van der Waals surface area contributed by atoms with E-state index in [4.69, 9.17) is 0 Å². The maximum atomic E-state index is 9.47. The molecule has 0 aliphatic heterocycles. The van der Waals surface area contributed by atoms with Gasteiger partial charge in [0.2, 0.25) is 0 Å². The van der Waals surface area contributed by atoms with Crippen LogP contribution in [0, 0.1) is 13.8 Å². The summed E-state index contributed by atoms with van der Waals surface area (Å²) < 4.78 is 0. The lowest BCUT2D eigenvalue weighted by molar-refractivity contribution is 0.466. The van der Waals surface area contributed by atoms with Gasteiger partial charge in [0, 0.05) is 0 Å². The summed E-state index contributed by atoms with van der Waals surface area (Å²) in [6.07, 6.45) is 0. The first-order valence-electron chi connectivity index (χ1n) is 4.00. The largest absolute Gasteiger partial charge is 0.661 e. The Morgan fingerprint density at radius 3 is 2.17 bits per heavy atom. The fourth-order valence-electron chi connectivity index (χ4n) is 1.32. The molecule has 0 aromatic heterocycles. The van der Waals surface area contributed by atoms with Crippen LogP contribution in [0.3, 0.4) is 0 Å². The first kappa shape index (κ1) is 9.07. The first-order chi connectivity index (χ1) is 5.65. The predicted molar refractivity (Wildman–Crippen MR) is 50.6 cm³/mol. The number of phenolic OH excluding ortho intramolecular Hbond substituents is 1. The molecule has 2 heteroatoms. The van der Waals surface area contributed by atoms with Crippen molar-refractivity contribution >= 4 is 0 Å². The molecule has 0 saturated carbocycles. The van der Waals surface area contributed by atoms with Gasteiger partial charge in [0.25, 0.3) is 0 Å². The zero-order valence-corrected chi connectivity index (χ0v) is 7.76. The molecule has 0 radical (unpaired) electrons. The summed E-state index contributed by atoms with van der Waals surface area (Å²) >= 11 is 0. The number of aryl methyl sites for hydroxylation is 2. The second-order valence-electron chi connectivity index (χ2n) is 3.05. The fourth-order valence-corrected chi connectivity index (χ4v) is 1.32. The molecule has 0 heterocycles. The van der Waals surface area contributed by atoms with E-state index in [0.717, 1.165) is 23.2 Å². The molecule has 2 nitrogen and oxygen atoms in total. The Morgan fingerprint density at radius 1 is 1.25 bits per heavy atom. The van der Waals surface area contributed by atoms with Crippen LogP contribution >= 0.6 is 0 Å². The van der Waals surface area contributed by atoms with Gasteiger partial charge in [0.05, 0.1) is 0 Å². The van der Waals surface area contributed by atoms with Crippen LogP contribution in [0.2, 0.25) is 0 Å². The molecule has 0 spiro atoms. The van der Waals surface area contributed by atoms with Gasteiger partial charge < -0.3 is 10.4 Å². The average molecular weight is 164 g/mol. The Kier molecular flexibility index (Phi) is 2.71. The van der Waals surface area contributed by atoms with Crippen molar-refractivity contribution < 1.29 is 5.11 Å². The number of benzene rings is 1. The molecule has 1 rings (SSSR count). The van der Waals surface area contributed by atoms with E-state index in [-0.39, 0.29) is 0 Å². The van der Waals surface area contributed by atoms with Gasteiger partial charge in [0.1, 0.15) is 5.75 Å². The van der Waals surface area contributed by atoms with E-state index < -0.39 is 0 Å². The molecule has 0 aliphatic rings. The second kappa shape index (κ2) is 3.59. The summed E-state index contributed by atoms with van der Waals surface area (Å²) in [4.78, 5) is 0. The standard InChI is InChI=1S/C10H14NO/c1-7-4-9(6-11-3)5-8(2)10(7)12/h4-5,12H,6H2,1-3H3/q-1. The van der Waals surface area contributed by atoms with Crippen LogP contribution in [0.4, 0.5) is 0 Å². The quantitative estimate of drug-likeness (QED) is 0.716. The Balaban J connectivity index is 3.04. The van der Waals surface area contributed by atoms with E-state index in [1.165, 1.54) is 0 Å². The molecule has 1 aromatic rings. The van der Waals surface area contributed by atoms with Crippen molar-refractivity contribution in [2.24, 2.45) is 0 Å². The second-order valence-corrected chi connectivity index (χ2v) is 3.05. The normalized spacial score (nSPS) is 10.2. The monoisotopic (exact) mass is 164 g/mol. The van der Waals surface area contributed by atoms with Crippen LogP contribution in [-0.2, 0) is 6.54 Å². The number of nitrogens with zero attached hydrogens (tertiary/aromatic N) is 1. The van der Waals surface area contributed by atoms with E-state index in [1.54, 1.807) is 7.05 Å². The van der Waals surface area contributed by atoms with Crippen LogP contribution in [0.25, 0.3) is 5.32 Å². The molecule has 1 N–H and O–H groups in total. The molecule has 0 saturated heterocycles. The average Bonchev–Trinajstić information content (AvgIpc) is 2.01. The smallest absolute Gasteiger partial charge is 0.121 e. The van der Waals surface area contributed by atoms with Gasteiger partial charge in [-0.2, -0.15) is 7.05 Å². The van der Waals surface area contributed by atoms with Gasteiger partial charge in [-0.1, -0.05) is 17.7 Å². The number of hydrogen-bond donors (Lipinski definition) is 1. The number of rotatable bonds is 2. The van der Waals surface area contributed by atoms with Crippen molar-refractivity contribution in [3.8, 4) is 5.75 Å². The first-order valence-corrected chi connectivity index (χ1v) is 4.00. The van der Waals surface area contributed by atoms with Crippen molar-refractivity contribution in [2.75, 3.05) is 7.05 Å². The van der Waals surface area contributed by atoms with E-state index in [1.807, 2.05) is 26.0 Å². The lowest BCUT2D eigenvalue weighted by atomic mass is 10.1. The van der Waals surface area contributed by atoms with Crippen LogP contribution in [-0.4, -0.2) is 12.2 Å². The highest BCUT2D eigenvalue weighted by Crippen LogP contribution is 2.23. The molecular formula is C10H14NO-. The molecule has 1 aromatic carbocycles. The zero-order valence-electron chi connectivity index (χ0n) is 7.76. The van der Waals surface area contributed by atoms with Crippen LogP contribution in [0.5, 0.6) is 5.75 Å². The molecule has 0 amide bonds. The SMILES string of the molecule is C[N-]Cc1cc(C)c(O)c(C)c1. The van der Waals surface area contributed by atoms with Crippen LogP contribution in [0.15, 0.2) is 12.1 Å². The molecule has 12 heavy (non-hydrogen) atoms. The van der Waals surface area contributed by atoms with E-state index >= 15 is 0 Å². The van der Waals surface area contributed by atoms with Crippen molar-refractivity contribution in [3.63, 3.8) is 0 Å². The minimum Gasteiger partial charge on any atom is -0.661 e. The topological polar surface area (TPSA) is 34.3 Å². The summed E-state index contributed by atoms with van der Waals surface area (Å²) in [6.45, 7) is 4.53. The maximum Gasteiger partial charge on any atom is 0.121 e. The highest BCUT2D eigenvalue weighted by Gasteiger charge is 1.99. The van der Waals surface area contributed by atoms with E-state index in [0.29, 0.717) is 5.75 Å². The maximum absolute atomic E-state index is 9.47. The molecule has 0 aliphatic carbocycles. The highest BCUT2D eigenvalue weighted by molar-refractivity contribution is 5.42. The van der Waals surface area contributed by atoms with Gasteiger partial charge in [0.15, 0.2) is 0 Å². The summed E-state index contributed by atoms with van der Waals surface area (Å²) in [5.41, 5.74) is 3.01. The number of phenols is 1. The number of hydrogen-bond acceptors (Lipinski definition) is 1. The minimum atomic E-state index is 0.398. The van der Waals surface area contributed by atoms with Crippen molar-refractivity contribution in [1.29, 1.82) is 0 Å². The lowest BCUT2D eigenvalue weighted by Crippen LogP contribution is -1.87. The summed E-state index contributed by atoms with van der Waals surface area (Å²) in [5, 5.41) is 13.5. The molecule has 0 atom stereocenters. The molecule has 0 fully saturated rings. The third kappa shape index (κ3) is 1.77. The molecular weight excluding hydrogens is 150 g/mol. The lowest BCUT2D eigenvalue weighted by Gasteiger charge is -2.13. The summed E-state index contributed by atoms with van der Waals surface area (Å²) in [7, 11) is 1.79. The van der Waals surface area contributed by atoms with Gasteiger partial charge >= 0.3 is 0 Å². The summed E-state index contributed by atoms with van der Waals surface area (Å²) in [6, 6.07) is 3.94. The fraction of sp³-hybridized carbons (Fsp3) is 0.400. The van der Waals surface area contributed by atoms with E-state index in [2.05, 4.69) is 5.32 Å². The Morgan fingerprint density at radius 2 is 1.75 bits per heavy atom. The minimum absolute atomic E-state index is 0.398. The van der Waals surface area contributed by atoms with Crippen LogP contribution < -0.4 is 0 Å². The third-order valence-electron chi connectivity index (χ3n) is 1.89. The van der Waals surface area contributed by atoms with Gasteiger partial charge in [-0.25, -0.2) is 0 Å². The highest BCUT2D eigenvalue weighted by atomic mass is 16.3. The van der Waals surface area contributed by atoms with Crippen LogP contribution in [0.1, 0.15) is 16.7 Å².